The van der Waals surface area contributed by atoms with Gasteiger partial charge in [-0.05, 0) is 71.2 Å². The zero-order valence-electron chi connectivity index (χ0n) is 21.3. The highest BCUT2D eigenvalue weighted by molar-refractivity contribution is 9.10. The van der Waals surface area contributed by atoms with Gasteiger partial charge in [0.1, 0.15) is 0 Å². The third-order valence-electron chi connectivity index (χ3n) is 7.53. The van der Waals surface area contributed by atoms with Crippen molar-refractivity contribution in [3.05, 3.63) is 110 Å². The lowest BCUT2D eigenvalue weighted by Crippen LogP contribution is -2.12. The summed E-state index contributed by atoms with van der Waals surface area (Å²) >= 11 is 3.71. The van der Waals surface area contributed by atoms with E-state index >= 15 is 0 Å². The van der Waals surface area contributed by atoms with E-state index in [9.17, 15) is 0 Å². The Morgan fingerprint density at radius 1 is 0.861 bits per heavy atom. The van der Waals surface area contributed by atoms with Crippen LogP contribution in [0, 0.1) is 0 Å². The van der Waals surface area contributed by atoms with Gasteiger partial charge in [0.2, 0.25) is 0 Å². The molecule has 1 N–H and O–H groups in total. The Morgan fingerprint density at radius 3 is 2.50 bits per heavy atom. The molecule has 2 aliphatic rings. The standard InChI is InChI=1S/C33H31BrN2/c1-19(2)22-11-13-28(29(16-22)20(3)4)33-30-17-24(34)12-14-27(30)31(36-33)18-25-15-23-10-9-21-7-5-6-8-26(21)32(23)35-25/h5-8,11-20,36H,9-10H2,1-4H3/b25-18-. The van der Waals surface area contributed by atoms with Crippen LogP contribution in [0.25, 0.3) is 28.1 Å². The molecule has 0 saturated heterocycles. The van der Waals surface area contributed by atoms with Gasteiger partial charge in [-0.1, -0.05) is 92.2 Å². The maximum atomic E-state index is 5.09. The molecule has 0 fully saturated rings. The number of nitrogens with one attached hydrogen (secondary N) is 1. The highest BCUT2D eigenvalue weighted by atomic mass is 79.9. The summed E-state index contributed by atoms with van der Waals surface area (Å²) in [5.41, 5.74) is 12.5. The first kappa shape index (κ1) is 23.2. The summed E-state index contributed by atoms with van der Waals surface area (Å²) in [6.07, 6.45) is 6.63. The molecule has 1 aliphatic heterocycles. The molecular weight excluding hydrogens is 504 g/mol. The normalized spacial score (nSPS) is 16.0. The number of rotatable bonds is 4. The van der Waals surface area contributed by atoms with Crippen molar-refractivity contribution in [3.8, 4) is 11.3 Å². The van der Waals surface area contributed by atoms with Crippen LogP contribution in [0.1, 0.15) is 73.9 Å². The number of hydrogen-bond acceptors (Lipinski definition) is 1. The van der Waals surface area contributed by atoms with E-state index < -0.39 is 0 Å². The number of fused-ring (bicyclic) bond motifs is 4. The molecule has 4 aromatic rings. The number of aryl methyl sites for hydroxylation is 1. The van der Waals surface area contributed by atoms with Crippen LogP contribution in [0.3, 0.4) is 0 Å². The van der Waals surface area contributed by atoms with Crippen LogP contribution in [0.2, 0.25) is 0 Å². The molecule has 0 bridgehead atoms. The quantitative estimate of drug-likeness (QED) is 0.270. The minimum Gasteiger partial charge on any atom is -0.354 e. The van der Waals surface area contributed by atoms with E-state index in [1.807, 2.05) is 0 Å². The van der Waals surface area contributed by atoms with Gasteiger partial charge in [-0.15, -0.1) is 0 Å². The molecule has 0 saturated carbocycles. The SMILES string of the molecule is CC(C)c1ccc(-c2[nH]c(/C=C3/C=C4CCc5ccccc5C4=N3)c3ccc(Br)cc23)c(C(C)C)c1. The summed E-state index contributed by atoms with van der Waals surface area (Å²) in [6, 6.07) is 22.2. The van der Waals surface area contributed by atoms with E-state index in [0.29, 0.717) is 11.8 Å². The number of aromatic amines is 1. The highest BCUT2D eigenvalue weighted by Gasteiger charge is 2.24. The molecular formula is C33H31BrN2. The largest absolute Gasteiger partial charge is 0.354 e. The van der Waals surface area contributed by atoms with Crippen LogP contribution in [0.15, 0.2) is 87.5 Å². The van der Waals surface area contributed by atoms with Crippen molar-refractivity contribution in [2.45, 2.75) is 52.4 Å². The van der Waals surface area contributed by atoms with E-state index in [2.05, 4.69) is 121 Å². The number of nitrogens with zero attached hydrogens (tertiary/aromatic N) is 1. The maximum Gasteiger partial charge on any atom is 0.0744 e. The molecule has 0 radical (unpaired) electrons. The smallest absolute Gasteiger partial charge is 0.0744 e. The van der Waals surface area contributed by atoms with E-state index in [1.165, 1.54) is 49.9 Å². The third-order valence-corrected chi connectivity index (χ3v) is 8.02. The number of aliphatic imine (C=N–C) groups is 1. The minimum absolute atomic E-state index is 0.431. The van der Waals surface area contributed by atoms with E-state index in [-0.39, 0.29) is 0 Å². The summed E-state index contributed by atoms with van der Waals surface area (Å²) in [5, 5.41) is 2.45. The summed E-state index contributed by atoms with van der Waals surface area (Å²) < 4.78 is 1.09. The van der Waals surface area contributed by atoms with Crippen LogP contribution in [0.5, 0.6) is 0 Å². The van der Waals surface area contributed by atoms with Crippen molar-refractivity contribution < 1.29 is 0 Å². The van der Waals surface area contributed by atoms with Crippen molar-refractivity contribution >= 4 is 38.5 Å². The Hall–Kier alpha value is -3.17. The highest BCUT2D eigenvalue weighted by Crippen LogP contribution is 2.39. The fraction of sp³-hybridized carbons (Fsp3) is 0.242. The Balaban J connectivity index is 1.50. The Kier molecular flexibility index (Phi) is 5.84. The number of halogens is 1. The summed E-state index contributed by atoms with van der Waals surface area (Å²) in [7, 11) is 0. The lowest BCUT2D eigenvalue weighted by Gasteiger charge is -2.17. The molecule has 3 aromatic carbocycles. The molecule has 2 heterocycles. The Bertz CT molecular complexity index is 1590. The molecule has 1 aromatic heterocycles. The van der Waals surface area contributed by atoms with Gasteiger partial charge in [0.15, 0.2) is 0 Å². The first-order valence-corrected chi connectivity index (χ1v) is 13.7. The van der Waals surface area contributed by atoms with Gasteiger partial charge in [0.25, 0.3) is 0 Å². The average molecular weight is 536 g/mol. The van der Waals surface area contributed by atoms with Crippen LogP contribution in [0.4, 0.5) is 0 Å². The fourth-order valence-corrected chi connectivity index (χ4v) is 5.92. The predicted molar refractivity (Wildman–Crippen MR) is 157 cm³/mol. The van der Waals surface area contributed by atoms with Crippen molar-refractivity contribution in [3.63, 3.8) is 0 Å². The Morgan fingerprint density at radius 2 is 1.69 bits per heavy atom. The van der Waals surface area contributed by atoms with Crippen molar-refractivity contribution in [2.24, 2.45) is 4.99 Å². The molecule has 2 nitrogen and oxygen atoms in total. The van der Waals surface area contributed by atoms with Gasteiger partial charge in [-0.25, -0.2) is 4.99 Å². The number of H-pyrrole nitrogens is 1. The van der Waals surface area contributed by atoms with Crippen LogP contribution >= 0.6 is 15.9 Å². The molecule has 0 amide bonds. The molecule has 0 spiro atoms. The molecule has 36 heavy (non-hydrogen) atoms. The zero-order valence-corrected chi connectivity index (χ0v) is 22.9. The first-order valence-electron chi connectivity index (χ1n) is 12.9. The zero-order chi connectivity index (χ0) is 25.0. The molecule has 6 rings (SSSR count). The molecule has 0 atom stereocenters. The monoisotopic (exact) mass is 534 g/mol. The van der Waals surface area contributed by atoms with Crippen LogP contribution < -0.4 is 0 Å². The topological polar surface area (TPSA) is 28.1 Å². The second-order valence-electron chi connectivity index (χ2n) is 10.6. The summed E-state index contributed by atoms with van der Waals surface area (Å²) in [6.45, 7) is 9.09. The molecule has 1 aliphatic carbocycles. The molecule has 180 valence electrons. The first-order chi connectivity index (χ1) is 17.4. The van der Waals surface area contributed by atoms with Crippen LogP contribution in [-0.2, 0) is 6.42 Å². The second-order valence-corrected chi connectivity index (χ2v) is 11.5. The van der Waals surface area contributed by atoms with Crippen molar-refractivity contribution in [1.29, 1.82) is 0 Å². The number of aromatic nitrogens is 1. The summed E-state index contributed by atoms with van der Waals surface area (Å²) in [4.78, 5) is 8.89. The van der Waals surface area contributed by atoms with E-state index in [1.54, 1.807) is 0 Å². The maximum absolute atomic E-state index is 5.09. The lowest BCUT2D eigenvalue weighted by atomic mass is 9.87. The number of hydrogen-bond donors (Lipinski definition) is 1. The van der Waals surface area contributed by atoms with Gasteiger partial charge in [0.05, 0.1) is 17.1 Å². The van der Waals surface area contributed by atoms with Gasteiger partial charge in [0, 0.05) is 32.1 Å². The van der Waals surface area contributed by atoms with Crippen LogP contribution in [-0.4, -0.2) is 10.7 Å². The van der Waals surface area contributed by atoms with Gasteiger partial charge < -0.3 is 4.98 Å². The second kappa shape index (κ2) is 9.05. The van der Waals surface area contributed by atoms with Crippen molar-refractivity contribution in [2.75, 3.05) is 0 Å². The van der Waals surface area contributed by atoms with Gasteiger partial charge >= 0.3 is 0 Å². The minimum atomic E-state index is 0.431. The number of allylic oxidation sites excluding steroid dienone is 2. The van der Waals surface area contributed by atoms with E-state index in [0.717, 1.165) is 34.4 Å². The van der Waals surface area contributed by atoms with Gasteiger partial charge in [-0.2, -0.15) is 0 Å². The fourth-order valence-electron chi connectivity index (χ4n) is 5.56. The molecule has 0 unspecified atom stereocenters. The molecule has 3 heteroatoms. The Labute approximate surface area is 222 Å². The van der Waals surface area contributed by atoms with Gasteiger partial charge in [-0.3, -0.25) is 0 Å². The average Bonchev–Trinajstić information content (AvgIpc) is 3.44. The number of benzene rings is 3. The van der Waals surface area contributed by atoms with Crippen molar-refractivity contribution in [1.82, 2.24) is 4.98 Å². The third kappa shape index (κ3) is 4.00. The summed E-state index contributed by atoms with van der Waals surface area (Å²) in [5.74, 6) is 0.940. The lowest BCUT2D eigenvalue weighted by molar-refractivity contribution is 0.835. The van der Waals surface area contributed by atoms with E-state index in [4.69, 9.17) is 4.99 Å². The predicted octanol–water partition coefficient (Wildman–Crippen LogP) is 9.56.